The van der Waals surface area contributed by atoms with Gasteiger partial charge in [0.25, 0.3) is 0 Å². The number of aryl methyl sites for hydroxylation is 2. The van der Waals surface area contributed by atoms with Gasteiger partial charge in [0.1, 0.15) is 0 Å². The van der Waals surface area contributed by atoms with E-state index in [0.29, 0.717) is 11.1 Å². The van der Waals surface area contributed by atoms with Gasteiger partial charge in [-0.2, -0.15) is 0 Å². The van der Waals surface area contributed by atoms with Crippen LogP contribution < -0.4 is 0 Å². The molecule has 0 aliphatic carbocycles. The quantitative estimate of drug-likeness (QED) is 0.150. The van der Waals surface area contributed by atoms with E-state index in [1.807, 2.05) is 24.3 Å². The molecule has 0 atom stereocenters. The first-order chi connectivity index (χ1) is 16.7. The van der Waals surface area contributed by atoms with Gasteiger partial charge in [-0.15, -0.1) is 9.78 Å². The third kappa shape index (κ3) is 10.2. The molecule has 0 heterocycles. The van der Waals surface area contributed by atoms with Crippen molar-refractivity contribution in [3.63, 3.8) is 0 Å². The van der Waals surface area contributed by atoms with Gasteiger partial charge in [0.2, 0.25) is 0 Å². The van der Waals surface area contributed by atoms with Gasteiger partial charge in [-0.3, -0.25) is 9.78 Å². The zero-order chi connectivity index (χ0) is 25.7. The maximum Gasteiger partial charge on any atom is 0.373 e. The Morgan fingerprint density at radius 2 is 1.03 bits per heavy atom. The molecule has 0 unspecified atom stereocenters. The van der Waals surface area contributed by atoms with Crippen LogP contribution in [0.25, 0.3) is 0 Å². The number of hydrogen-bond donors (Lipinski definition) is 0. The fourth-order valence-corrected chi connectivity index (χ4v) is 3.26. The second-order valence-corrected chi connectivity index (χ2v) is 9.39. The first kappa shape index (κ1) is 28.5. The lowest BCUT2D eigenvalue weighted by atomic mass is 9.96. The smallest absolute Gasteiger partial charge is 0.289 e. The van der Waals surface area contributed by atoms with Crippen molar-refractivity contribution in [2.24, 2.45) is 5.41 Å². The van der Waals surface area contributed by atoms with E-state index >= 15 is 0 Å². The highest BCUT2D eigenvalue weighted by molar-refractivity contribution is 5.89. The number of hydrogen-bond acceptors (Lipinski definition) is 6. The van der Waals surface area contributed by atoms with Crippen LogP contribution in [0.1, 0.15) is 98.1 Å². The molecular formula is C29H38O6. The summed E-state index contributed by atoms with van der Waals surface area (Å²) >= 11 is 0. The third-order valence-corrected chi connectivity index (χ3v) is 5.46. The highest BCUT2D eigenvalue weighted by Crippen LogP contribution is 2.31. The molecule has 2 rings (SSSR count). The van der Waals surface area contributed by atoms with Crippen molar-refractivity contribution in [3.8, 4) is 0 Å². The van der Waals surface area contributed by atoms with Crippen LogP contribution in [-0.4, -0.2) is 11.9 Å². The van der Waals surface area contributed by atoms with Crippen molar-refractivity contribution < 1.29 is 29.1 Å². The lowest BCUT2D eigenvalue weighted by molar-refractivity contribution is -0.378. The summed E-state index contributed by atoms with van der Waals surface area (Å²) in [5.74, 6) is -1.39. The molecule has 0 saturated carbocycles. The molecule has 0 N–H and O–H groups in total. The van der Waals surface area contributed by atoms with E-state index in [2.05, 4.69) is 20.8 Å². The summed E-state index contributed by atoms with van der Waals surface area (Å²) in [5.41, 5.74) is 2.02. The Balaban J connectivity index is 1.87. The molecule has 6 heteroatoms. The van der Waals surface area contributed by atoms with Crippen LogP contribution in [0.4, 0.5) is 0 Å². The molecule has 0 aliphatic heterocycles. The summed E-state index contributed by atoms with van der Waals surface area (Å²) in [6.45, 7) is 11.6. The Morgan fingerprint density at radius 1 is 0.657 bits per heavy atom. The monoisotopic (exact) mass is 482 g/mol. The molecule has 0 saturated heterocycles. The maximum atomic E-state index is 12.4. The summed E-state index contributed by atoms with van der Waals surface area (Å²) in [6.07, 6.45) is 8.56. The molecule has 0 aromatic heterocycles. The Kier molecular flexibility index (Phi) is 11.9. The molecule has 2 radical (unpaired) electrons. The van der Waals surface area contributed by atoms with Crippen molar-refractivity contribution >= 4 is 11.9 Å². The van der Waals surface area contributed by atoms with Crippen molar-refractivity contribution in [3.05, 3.63) is 84.0 Å². The van der Waals surface area contributed by atoms with E-state index in [1.165, 1.54) is 12.8 Å². The minimum Gasteiger partial charge on any atom is -0.289 e. The van der Waals surface area contributed by atoms with Gasteiger partial charge in [0.15, 0.2) is 0 Å². The summed E-state index contributed by atoms with van der Waals surface area (Å²) in [7, 11) is 0. The fourth-order valence-electron chi connectivity index (χ4n) is 3.26. The molecule has 0 spiro atoms. The van der Waals surface area contributed by atoms with E-state index < -0.39 is 17.4 Å². The summed E-state index contributed by atoms with van der Waals surface area (Å²) in [6, 6.07) is 14.4. The first-order valence-electron chi connectivity index (χ1n) is 12.4. The minimum atomic E-state index is -0.965. The van der Waals surface area contributed by atoms with Crippen LogP contribution in [0.3, 0.4) is 0 Å². The fraction of sp³-hybridized carbons (Fsp3) is 0.448. The molecule has 190 valence electrons. The Hall–Kier alpha value is -2.70. The SMILES string of the molecule is [CH2]C(C)(C)[C](OOC(=O)c1ccc(CCCCC)cc1)OOC(=O)c1ccc(CCCCC)cc1. The normalized spacial score (nSPS) is 11.5. The Morgan fingerprint density at radius 3 is 1.34 bits per heavy atom. The third-order valence-electron chi connectivity index (χ3n) is 5.46. The van der Waals surface area contributed by atoms with Gasteiger partial charge in [-0.25, -0.2) is 9.59 Å². The van der Waals surface area contributed by atoms with Crippen LogP contribution in [0.15, 0.2) is 48.5 Å². The standard InChI is InChI=1S/C29H38O6/c1-6-8-10-12-22-14-18-24(19-15-22)26(30)32-34-28(29(3,4)5)35-33-27(31)25-20-16-23(17-21-25)13-11-9-7-2/h14-21H,3,6-13H2,1-2,4-5H3. The Bertz CT molecular complexity index is 827. The number of unbranched alkanes of at least 4 members (excludes halogenated alkanes) is 4. The molecular weight excluding hydrogens is 444 g/mol. The van der Waals surface area contributed by atoms with E-state index in [0.717, 1.165) is 49.7 Å². The van der Waals surface area contributed by atoms with Crippen LogP contribution in [-0.2, 0) is 32.4 Å². The highest BCUT2D eigenvalue weighted by atomic mass is 17.3. The average molecular weight is 483 g/mol. The maximum absolute atomic E-state index is 12.4. The number of carbonyl (C=O) groups is 2. The lowest BCUT2D eigenvalue weighted by Crippen LogP contribution is -2.27. The molecule has 0 amide bonds. The lowest BCUT2D eigenvalue weighted by Gasteiger charge is -2.24. The molecule has 0 aliphatic rings. The molecule has 6 nitrogen and oxygen atoms in total. The van der Waals surface area contributed by atoms with Gasteiger partial charge in [0.05, 0.1) is 11.1 Å². The highest BCUT2D eigenvalue weighted by Gasteiger charge is 2.34. The topological polar surface area (TPSA) is 71.1 Å². The zero-order valence-electron chi connectivity index (χ0n) is 21.4. The summed E-state index contributed by atoms with van der Waals surface area (Å²) < 4.78 is 0. The molecule has 35 heavy (non-hydrogen) atoms. The van der Waals surface area contributed by atoms with Gasteiger partial charge in [-0.05, 0) is 68.0 Å². The van der Waals surface area contributed by atoms with Crippen molar-refractivity contribution in [1.82, 2.24) is 0 Å². The number of rotatable bonds is 15. The molecule has 2 aromatic rings. The molecule has 0 bridgehead atoms. The summed E-state index contributed by atoms with van der Waals surface area (Å²) in [4.78, 5) is 44.8. The predicted octanol–water partition coefficient (Wildman–Crippen LogP) is 7.38. The van der Waals surface area contributed by atoms with Crippen LogP contribution in [0.5, 0.6) is 0 Å². The van der Waals surface area contributed by atoms with E-state index in [9.17, 15) is 9.59 Å². The summed E-state index contributed by atoms with van der Waals surface area (Å²) in [5, 5.41) is 0. The average Bonchev–Trinajstić information content (AvgIpc) is 2.84. The second kappa shape index (κ2) is 14.6. The zero-order valence-corrected chi connectivity index (χ0v) is 21.4. The van der Waals surface area contributed by atoms with Crippen molar-refractivity contribution in [2.75, 3.05) is 0 Å². The van der Waals surface area contributed by atoms with Crippen LogP contribution >= 0.6 is 0 Å². The van der Waals surface area contributed by atoms with Gasteiger partial charge in [-0.1, -0.05) is 77.6 Å². The van der Waals surface area contributed by atoms with Crippen molar-refractivity contribution in [2.45, 2.75) is 79.1 Å². The van der Waals surface area contributed by atoms with E-state index in [-0.39, 0.29) is 6.29 Å². The first-order valence-corrected chi connectivity index (χ1v) is 12.4. The molecule has 0 fully saturated rings. The number of benzene rings is 2. The Labute approximate surface area is 209 Å². The minimum absolute atomic E-state index is 0.258. The largest absolute Gasteiger partial charge is 0.373 e. The van der Waals surface area contributed by atoms with Crippen molar-refractivity contribution in [1.29, 1.82) is 0 Å². The van der Waals surface area contributed by atoms with Gasteiger partial charge >= 0.3 is 18.2 Å². The van der Waals surface area contributed by atoms with E-state index in [4.69, 9.17) is 19.6 Å². The molecule has 2 aromatic carbocycles. The number of carbonyl (C=O) groups excluding carboxylic acids is 2. The van der Waals surface area contributed by atoms with Crippen LogP contribution in [0.2, 0.25) is 0 Å². The second-order valence-electron chi connectivity index (χ2n) is 9.39. The predicted molar refractivity (Wildman–Crippen MR) is 135 cm³/mol. The van der Waals surface area contributed by atoms with Gasteiger partial charge < -0.3 is 0 Å². The van der Waals surface area contributed by atoms with Crippen LogP contribution in [0, 0.1) is 18.6 Å². The van der Waals surface area contributed by atoms with E-state index in [1.54, 1.807) is 38.1 Å². The van der Waals surface area contributed by atoms with Gasteiger partial charge in [0, 0.05) is 5.41 Å².